The van der Waals surface area contributed by atoms with Crippen molar-refractivity contribution in [1.29, 1.82) is 0 Å². The molecule has 0 aliphatic rings. The van der Waals surface area contributed by atoms with Gasteiger partial charge >= 0.3 is 0 Å². The van der Waals surface area contributed by atoms with E-state index >= 15 is 0 Å². The number of hydrogen-bond donors (Lipinski definition) is 0. The molecule has 13 heavy (non-hydrogen) atoms. The fourth-order valence-electron chi connectivity index (χ4n) is 0.846. The Bertz CT molecular complexity index is 428. The SMILES string of the molecule is Cc1noc(-c2cncc(Cl)n2)n1. The second kappa shape index (κ2) is 3.10. The first kappa shape index (κ1) is 8.12. The lowest BCUT2D eigenvalue weighted by molar-refractivity contribution is 0.424. The van der Waals surface area contributed by atoms with Crippen molar-refractivity contribution < 1.29 is 4.52 Å². The highest BCUT2D eigenvalue weighted by molar-refractivity contribution is 6.29. The van der Waals surface area contributed by atoms with Crippen LogP contribution in [0.15, 0.2) is 16.9 Å². The van der Waals surface area contributed by atoms with Gasteiger partial charge in [0.05, 0.1) is 12.4 Å². The summed E-state index contributed by atoms with van der Waals surface area (Å²) in [5, 5.41) is 3.93. The first-order valence-corrected chi connectivity index (χ1v) is 3.92. The maximum atomic E-state index is 5.64. The molecular formula is C7H5ClN4O. The lowest BCUT2D eigenvalue weighted by Crippen LogP contribution is -1.85. The number of hydrogen-bond acceptors (Lipinski definition) is 5. The van der Waals surface area contributed by atoms with E-state index in [4.69, 9.17) is 16.1 Å². The molecule has 0 aliphatic carbocycles. The Morgan fingerprint density at radius 3 is 2.77 bits per heavy atom. The van der Waals surface area contributed by atoms with Crippen LogP contribution >= 0.6 is 11.6 Å². The van der Waals surface area contributed by atoms with Crippen molar-refractivity contribution in [3.05, 3.63) is 23.4 Å². The third-order valence-corrected chi connectivity index (χ3v) is 1.53. The van der Waals surface area contributed by atoms with Crippen LogP contribution in [0.2, 0.25) is 5.15 Å². The monoisotopic (exact) mass is 196 g/mol. The van der Waals surface area contributed by atoms with Crippen molar-refractivity contribution in [3.63, 3.8) is 0 Å². The molecule has 0 saturated carbocycles. The molecule has 2 rings (SSSR count). The molecule has 2 heterocycles. The minimum Gasteiger partial charge on any atom is -0.332 e. The molecule has 0 radical (unpaired) electrons. The Labute approximate surface area is 78.8 Å². The molecule has 5 nitrogen and oxygen atoms in total. The van der Waals surface area contributed by atoms with Gasteiger partial charge < -0.3 is 4.52 Å². The van der Waals surface area contributed by atoms with Gasteiger partial charge in [0.2, 0.25) is 0 Å². The van der Waals surface area contributed by atoms with Crippen molar-refractivity contribution in [2.24, 2.45) is 0 Å². The summed E-state index contributed by atoms with van der Waals surface area (Å²) in [7, 11) is 0. The maximum Gasteiger partial charge on any atom is 0.278 e. The van der Waals surface area contributed by atoms with Crippen molar-refractivity contribution in [3.8, 4) is 11.6 Å². The van der Waals surface area contributed by atoms with Crippen LogP contribution in [0.4, 0.5) is 0 Å². The average molecular weight is 197 g/mol. The van der Waals surface area contributed by atoms with E-state index in [1.54, 1.807) is 6.92 Å². The van der Waals surface area contributed by atoms with E-state index in [9.17, 15) is 0 Å². The normalized spacial score (nSPS) is 10.3. The van der Waals surface area contributed by atoms with Crippen LogP contribution in [0.3, 0.4) is 0 Å². The van der Waals surface area contributed by atoms with Gasteiger partial charge in [0, 0.05) is 0 Å². The molecule has 0 N–H and O–H groups in total. The summed E-state index contributed by atoms with van der Waals surface area (Å²) in [6.45, 7) is 1.73. The smallest absolute Gasteiger partial charge is 0.278 e. The Balaban J connectivity index is 2.46. The van der Waals surface area contributed by atoms with Crippen LogP contribution < -0.4 is 0 Å². The summed E-state index contributed by atoms with van der Waals surface area (Å²) < 4.78 is 4.88. The van der Waals surface area contributed by atoms with Gasteiger partial charge in [-0.2, -0.15) is 4.98 Å². The van der Waals surface area contributed by atoms with Gasteiger partial charge in [-0.15, -0.1) is 0 Å². The van der Waals surface area contributed by atoms with Crippen LogP contribution in [0.5, 0.6) is 0 Å². The van der Waals surface area contributed by atoms with Crippen molar-refractivity contribution in [2.45, 2.75) is 6.92 Å². The minimum atomic E-state index is 0.299. The van der Waals surface area contributed by atoms with Crippen molar-refractivity contribution in [1.82, 2.24) is 20.1 Å². The van der Waals surface area contributed by atoms with Gasteiger partial charge in [0.1, 0.15) is 10.8 Å². The summed E-state index contributed by atoms with van der Waals surface area (Å²) in [5.74, 6) is 0.879. The van der Waals surface area contributed by atoms with Gasteiger partial charge in [-0.25, -0.2) is 4.98 Å². The summed E-state index contributed by atoms with van der Waals surface area (Å²) in [6.07, 6.45) is 2.95. The Morgan fingerprint density at radius 1 is 1.31 bits per heavy atom. The van der Waals surface area contributed by atoms with Gasteiger partial charge in [0.15, 0.2) is 5.82 Å². The highest BCUT2D eigenvalue weighted by Crippen LogP contribution is 2.14. The van der Waals surface area contributed by atoms with Crippen LogP contribution in [0.25, 0.3) is 11.6 Å². The molecule has 0 aromatic carbocycles. The average Bonchev–Trinajstić information content (AvgIpc) is 2.52. The predicted octanol–water partition coefficient (Wildman–Crippen LogP) is 1.49. The maximum absolute atomic E-state index is 5.64. The summed E-state index contributed by atoms with van der Waals surface area (Å²) in [4.78, 5) is 11.8. The molecule has 0 saturated heterocycles. The quantitative estimate of drug-likeness (QED) is 0.691. The zero-order chi connectivity index (χ0) is 9.26. The lowest BCUT2D eigenvalue weighted by Gasteiger charge is -1.91. The molecule has 2 aromatic heterocycles. The van der Waals surface area contributed by atoms with E-state index in [0.29, 0.717) is 22.6 Å². The van der Waals surface area contributed by atoms with E-state index < -0.39 is 0 Å². The van der Waals surface area contributed by atoms with Crippen LogP contribution in [0, 0.1) is 6.92 Å². The Kier molecular flexibility index (Phi) is 1.94. The second-order valence-electron chi connectivity index (χ2n) is 2.37. The highest BCUT2D eigenvalue weighted by Gasteiger charge is 2.07. The van der Waals surface area contributed by atoms with Crippen LogP contribution in [-0.4, -0.2) is 20.1 Å². The molecule has 0 atom stereocenters. The largest absolute Gasteiger partial charge is 0.332 e. The zero-order valence-electron chi connectivity index (χ0n) is 6.73. The van der Waals surface area contributed by atoms with E-state index in [0.717, 1.165) is 0 Å². The molecule has 0 unspecified atom stereocenters. The number of aryl methyl sites for hydroxylation is 1. The number of aromatic nitrogens is 4. The third kappa shape index (κ3) is 1.65. The molecule has 0 fully saturated rings. The van der Waals surface area contributed by atoms with E-state index in [-0.39, 0.29) is 0 Å². The van der Waals surface area contributed by atoms with Crippen molar-refractivity contribution in [2.75, 3.05) is 0 Å². The number of rotatable bonds is 1. The third-order valence-electron chi connectivity index (χ3n) is 1.35. The summed E-state index contributed by atoms with van der Waals surface area (Å²) in [5.41, 5.74) is 0.480. The highest BCUT2D eigenvalue weighted by atomic mass is 35.5. The predicted molar refractivity (Wildman–Crippen MR) is 45.1 cm³/mol. The fourth-order valence-corrected chi connectivity index (χ4v) is 0.994. The van der Waals surface area contributed by atoms with E-state index in [1.807, 2.05) is 0 Å². The molecule has 0 aliphatic heterocycles. The molecule has 6 heteroatoms. The number of halogens is 1. The lowest BCUT2D eigenvalue weighted by atomic mass is 10.4. The van der Waals surface area contributed by atoms with Gasteiger partial charge in [-0.1, -0.05) is 16.8 Å². The Hall–Kier alpha value is -1.49. The standard InChI is InChI=1S/C7H5ClN4O/c1-4-10-7(13-12-4)5-2-9-3-6(8)11-5/h2-3H,1H3. The first-order valence-electron chi connectivity index (χ1n) is 3.54. The summed E-state index contributed by atoms with van der Waals surface area (Å²) >= 11 is 5.64. The molecule has 0 spiro atoms. The van der Waals surface area contributed by atoms with E-state index in [1.165, 1.54) is 12.4 Å². The second-order valence-corrected chi connectivity index (χ2v) is 2.76. The van der Waals surface area contributed by atoms with Crippen molar-refractivity contribution >= 4 is 11.6 Å². The topological polar surface area (TPSA) is 64.7 Å². The van der Waals surface area contributed by atoms with Gasteiger partial charge in [0.25, 0.3) is 5.89 Å². The first-order chi connectivity index (χ1) is 6.25. The van der Waals surface area contributed by atoms with Crippen LogP contribution in [-0.2, 0) is 0 Å². The van der Waals surface area contributed by atoms with Crippen LogP contribution in [0.1, 0.15) is 5.82 Å². The minimum absolute atomic E-state index is 0.299. The molecule has 2 aromatic rings. The number of nitrogens with zero attached hydrogens (tertiary/aromatic N) is 4. The van der Waals surface area contributed by atoms with Gasteiger partial charge in [-0.05, 0) is 6.92 Å². The summed E-state index contributed by atoms with van der Waals surface area (Å²) in [6, 6.07) is 0. The molecule has 0 bridgehead atoms. The Morgan fingerprint density at radius 2 is 2.15 bits per heavy atom. The fraction of sp³-hybridized carbons (Fsp3) is 0.143. The molecule has 0 amide bonds. The molecular weight excluding hydrogens is 192 g/mol. The van der Waals surface area contributed by atoms with E-state index in [2.05, 4.69) is 20.1 Å². The van der Waals surface area contributed by atoms with Gasteiger partial charge in [-0.3, -0.25) is 4.98 Å². The zero-order valence-corrected chi connectivity index (χ0v) is 7.49. The molecule has 66 valence electrons.